The van der Waals surface area contributed by atoms with Crippen molar-refractivity contribution in [3.8, 4) is 0 Å². The number of nitro groups is 1. The van der Waals surface area contributed by atoms with Crippen LogP contribution in [0.15, 0.2) is 18.3 Å². The summed E-state index contributed by atoms with van der Waals surface area (Å²) in [5, 5.41) is 9.84. The van der Waals surface area contributed by atoms with E-state index in [1.807, 2.05) is 22.0 Å². The van der Waals surface area contributed by atoms with Crippen molar-refractivity contribution in [1.29, 1.82) is 0 Å². The Kier molecular flexibility index (Phi) is 8.14. The maximum absolute atomic E-state index is 9.84. The van der Waals surface area contributed by atoms with Gasteiger partial charge in [-0.25, -0.2) is 13.6 Å². The Morgan fingerprint density at radius 3 is 1.77 bits per heavy atom. The van der Waals surface area contributed by atoms with Gasteiger partial charge in [0.1, 0.15) is 0 Å². The number of nitrogens with zero attached hydrogens (tertiary/aromatic N) is 3. The second kappa shape index (κ2) is 10.1. The van der Waals surface area contributed by atoms with Crippen LogP contribution in [0.5, 0.6) is 0 Å². The van der Waals surface area contributed by atoms with Crippen LogP contribution in [0.2, 0.25) is 0 Å². The van der Waals surface area contributed by atoms with Crippen LogP contribution in [0.4, 0.5) is 5.82 Å². The summed E-state index contributed by atoms with van der Waals surface area (Å²) in [6.45, 7) is 5.19. The molecule has 1 aromatic heterocycles. The third kappa shape index (κ3) is 6.60. The lowest BCUT2D eigenvalue weighted by Crippen LogP contribution is -2.26. The Morgan fingerprint density at radius 2 is 1.45 bits per heavy atom. The first-order valence-corrected chi connectivity index (χ1v) is 9.94. The van der Waals surface area contributed by atoms with E-state index in [0.29, 0.717) is 0 Å². The van der Waals surface area contributed by atoms with Gasteiger partial charge in [-0.2, -0.15) is 0 Å². The van der Waals surface area contributed by atoms with E-state index < -0.39 is 4.92 Å². The van der Waals surface area contributed by atoms with Gasteiger partial charge in [0.05, 0.1) is 6.20 Å². The molecule has 2 fully saturated rings. The number of rotatable bonds is 4. The van der Waals surface area contributed by atoms with Gasteiger partial charge in [-0.05, 0) is 36.7 Å². The third-order valence-electron chi connectivity index (χ3n) is 3.65. The van der Waals surface area contributed by atoms with Crippen molar-refractivity contribution < 1.29 is 4.92 Å². The second-order valence-corrected chi connectivity index (χ2v) is 7.67. The summed E-state index contributed by atoms with van der Waals surface area (Å²) in [5.74, 6) is 0.0324. The Labute approximate surface area is 139 Å². The Balaban J connectivity index is 0.000000188. The third-order valence-corrected chi connectivity index (χ3v) is 6.34. The second-order valence-electron chi connectivity index (χ2n) is 5.44. The van der Waals surface area contributed by atoms with E-state index in [9.17, 15) is 10.1 Å². The number of H-pyrrole nitrogens is 1. The Morgan fingerprint density at radius 1 is 0.955 bits per heavy atom. The molecule has 1 N–H and O–H groups in total. The van der Waals surface area contributed by atoms with Crippen LogP contribution in [0.3, 0.4) is 0 Å². The van der Waals surface area contributed by atoms with Crippen LogP contribution < -0.4 is 0 Å². The molecule has 6 nitrogen and oxygen atoms in total. The molecule has 0 radical (unpaired) electrons. The molecule has 2 aliphatic rings. The van der Waals surface area contributed by atoms with E-state index in [1.54, 1.807) is 6.07 Å². The SMILES string of the molecule is C1CCN(SSN2CCCCC2)CC1.O=[N+]([O-])c1ccc[nH]1. The van der Waals surface area contributed by atoms with E-state index in [1.165, 1.54) is 77.0 Å². The molecule has 3 heterocycles. The maximum Gasteiger partial charge on any atom is 0.320 e. The lowest BCUT2D eigenvalue weighted by atomic mass is 10.2. The highest BCUT2D eigenvalue weighted by atomic mass is 33.1. The average molecular weight is 345 g/mol. The predicted molar refractivity (Wildman–Crippen MR) is 93.5 cm³/mol. The molecule has 22 heavy (non-hydrogen) atoms. The van der Waals surface area contributed by atoms with Crippen molar-refractivity contribution in [1.82, 2.24) is 13.6 Å². The van der Waals surface area contributed by atoms with Crippen molar-refractivity contribution in [3.05, 3.63) is 28.4 Å². The number of hydrogen-bond donors (Lipinski definition) is 1. The number of nitrogens with one attached hydrogen (secondary N) is 1. The topological polar surface area (TPSA) is 65.4 Å². The molecule has 2 saturated heterocycles. The molecule has 0 aliphatic carbocycles. The van der Waals surface area contributed by atoms with Gasteiger partial charge < -0.3 is 10.1 Å². The minimum atomic E-state index is -0.472. The van der Waals surface area contributed by atoms with E-state index in [0.717, 1.165) is 0 Å². The lowest BCUT2D eigenvalue weighted by molar-refractivity contribution is -0.389. The fraction of sp³-hybridized carbons (Fsp3) is 0.714. The Hall–Kier alpha value is -0.700. The number of aromatic nitrogens is 1. The molecule has 0 bridgehead atoms. The van der Waals surface area contributed by atoms with Crippen LogP contribution in [-0.4, -0.2) is 44.7 Å². The minimum absolute atomic E-state index is 0.0324. The fourth-order valence-electron chi connectivity index (χ4n) is 2.41. The van der Waals surface area contributed by atoms with Gasteiger partial charge in [-0.15, -0.1) is 0 Å². The number of hydrogen-bond acceptors (Lipinski definition) is 6. The van der Waals surface area contributed by atoms with Gasteiger partial charge in [0.15, 0.2) is 0 Å². The molecular weight excluding hydrogens is 320 g/mol. The van der Waals surface area contributed by atoms with Crippen molar-refractivity contribution in [2.45, 2.75) is 38.5 Å². The zero-order valence-corrected chi connectivity index (χ0v) is 14.4. The molecule has 8 heteroatoms. The summed E-state index contributed by atoms with van der Waals surface area (Å²) in [5.41, 5.74) is 0. The molecule has 1 aromatic rings. The van der Waals surface area contributed by atoms with Gasteiger partial charge in [0, 0.05) is 54.2 Å². The minimum Gasteiger partial charge on any atom is -0.358 e. The van der Waals surface area contributed by atoms with E-state index in [4.69, 9.17) is 0 Å². The molecule has 0 spiro atoms. The molecule has 0 atom stereocenters. The molecule has 0 aromatic carbocycles. The molecular formula is C14H24N4O2S2. The van der Waals surface area contributed by atoms with E-state index in [-0.39, 0.29) is 5.82 Å². The van der Waals surface area contributed by atoms with Crippen LogP contribution >= 0.6 is 22.0 Å². The van der Waals surface area contributed by atoms with Crippen molar-refractivity contribution in [2.75, 3.05) is 26.2 Å². The van der Waals surface area contributed by atoms with Gasteiger partial charge in [0.25, 0.3) is 0 Å². The standard InChI is InChI=1S/C10H20N2S2.C4H4N2O2/c1-3-7-11(8-4-1)13-14-12-9-5-2-6-10-12;7-6(8)4-2-1-3-5-4/h1-10H2;1-3,5H. The monoisotopic (exact) mass is 344 g/mol. The molecule has 0 amide bonds. The highest BCUT2D eigenvalue weighted by Gasteiger charge is 2.15. The van der Waals surface area contributed by atoms with Gasteiger partial charge in [-0.1, -0.05) is 12.8 Å². The quantitative estimate of drug-likeness (QED) is 0.384. The zero-order chi connectivity index (χ0) is 15.6. The summed E-state index contributed by atoms with van der Waals surface area (Å²) in [4.78, 5) is 11.8. The largest absolute Gasteiger partial charge is 0.358 e. The van der Waals surface area contributed by atoms with Crippen LogP contribution in [0.1, 0.15) is 38.5 Å². The first-order valence-electron chi connectivity index (χ1n) is 7.88. The summed E-state index contributed by atoms with van der Waals surface area (Å²) in [6, 6.07) is 2.98. The van der Waals surface area contributed by atoms with Gasteiger partial charge >= 0.3 is 5.82 Å². The zero-order valence-electron chi connectivity index (χ0n) is 12.8. The molecule has 2 aliphatic heterocycles. The smallest absolute Gasteiger partial charge is 0.320 e. The molecule has 3 rings (SSSR count). The predicted octanol–water partition coefficient (Wildman–Crippen LogP) is 4.09. The molecule has 0 unspecified atom stereocenters. The van der Waals surface area contributed by atoms with Crippen LogP contribution in [0.25, 0.3) is 0 Å². The van der Waals surface area contributed by atoms with Gasteiger partial charge in [0.2, 0.25) is 0 Å². The normalized spacial score (nSPS) is 20.2. The summed E-state index contributed by atoms with van der Waals surface area (Å²) in [7, 11) is 3.96. The lowest BCUT2D eigenvalue weighted by Gasteiger charge is -2.29. The van der Waals surface area contributed by atoms with Crippen LogP contribution in [-0.2, 0) is 0 Å². The van der Waals surface area contributed by atoms with Gasteiger partial charge in [-0.3, -0.25) is 0 Å². The summed E-state index contributed by atoms with van der Waals surface area (Å²) >= 11 is 0. The highest BCUT2D eigenvalue weighted by Crippen LogP contribution is 2.33. The van der Waals surface area contributed by atoms with E-state index in [2.05, 4.69) is 13.6 Å². The highest BCUT2D eigenvalue weighted by molar-refractivity contribution is 8.74. The Bertz CT molecular complexity index is 400. The fourth-order valence-corrected chi connectivity index (χ4v) is 4.87. The molecule has 124 valence electrons. The first-order chi connectivity index (χ1) is 10.8. The van der Waals surface area contributed by atoms with Crippen LogP contribution in [0, 0.1) is 10.1 Å². The summed E-state index contributed by atoms with van der Waals surface area (Å²) < 4.78 is 5.06. The first kappa shape index (κ1) is 17.7. The average Bonchev–Trinajstić information content (AvgIpc) is 3.10. The van der Waals surface area contributed by atoms with E-state index >= 15 is 0 Å². The van der Waals surface area contributed by atoms with Crippen molar-refractivity contribution in [2.24, 2.45) is 0 Å². The number of piperidine rings is 2. The summed E-state index contributed by atoms with van der Waals surface area (Å²) in [6.07, 6.45) is 9.97. The number of aromatic amines is 1. The van der Waals surface area contributed by atoms with Crippen molar-refractivity contribution in [3.63, 3.8) is 0 Å². The molecule has 0 saturated carbocycles. The maximum atomic E-state index is 9.84. The van der Waals surface area contributed by atoms with Crippen molar-refractivity contribution >= 4 is 27.8 Å².